The molecule has 0 heterocycles. The molecule has 2 unspecified atom stereocenters. The van der Waals surface area contributed by atoms with E-state index in [1.807, 2.05) is 0 Å². The highest BCUT2D eigenvalue weighted by molar-refractivity contribution is 7.47. The molecular formula is C73H142O17P2. The number of ether oxygens (including phenoxy) is 4. The smallest absolute Gasteiger partial charge is 0.462 e. The summed E-state index contributed by atoms with van der Waals surface area (Å²) in [5.41, 5.74) is 0. The summed E-state index contributed by atoms with van der Waals surface area (Å²) in [4.78, 5) is 72.3. The van der Waals surface area contributed by atoms with Crippen LogP contribution in [0.5, 0.6) is 0 Å². The third-order valence-corrected chi connectivity index (χ3v) is 18.9. The molecule has 0 aliphatic carbocycles. The first kappa shape index (κ1) is 90.1. The van der Waals surface area contributed by atoms with Crippen LogP contribution in [0.1, 0.15) is 381 Å². The van der Waals surface area contributed by atoms with E-state index in [1.165, 1.54) is 199 Å². The predicted octanol–water partition coefficient (Wildman–Crippen LogP) is 21.3. The van der Waals surface area contributed by atoms with Gasteiger partial charge in [-0.05, 0) is 31.6 Å². The first-order valence-corrected chi connectivity index (χ1v) is 41.1. The largest absolute Gasteiger partial charge is 0.472 e. The normalized spacial score (nSPS) is 14.0. The Bertz CT molecular complexity index is 1770. The van der Waals surface area contributed by atoms with Crippen LogP contribution in [0.2, 0.25) is 0 Å². The van der Waals surface area contributed by atoms with Crippen molar-refractivity contribution < 1.29 is 80.2 Å². The molecule has 0 aromatic carbocycles. The summed E-state index contributed by atoms with van der Waals surface area (Å²) in [6, 6.07) is 0. The molecule has 19 heteroatoms. The van der Waals surface area contributed by atoms with E-state index in [0.29, 0.717) is 31.6 Å². The molecule has 0 aromatic rings. The topological polar surface area (TPSA) is 237 Å². The number of carbonyl (C=O) groups is 4. The first-order chi connectivity index (χ1) is 44.5. The zero-order valence-electron chi connectivity index (χ0n) is 59.7. The third kappa shape index (κ3) is 66.7. The van der Waals surface area contributed by atoms with Gasteiger partial charge in [0, 0.05) is 25.7 Å². The number of aliphatic hydroxyl groups excluding tert-OH is 1. The highest BCUT2D eigenvalue weighted by Crippen LogP contribution is 2.45. The van der Waals surface area contributed by atoms with Crippen LogP contribution in [-0.2, 0) is 65.4 Å². The van der Waals surface area contributed by atoms with Gasteiger partial charge < -0.3 is 33.8 Å². The maximum absolute atomic E-state index is 13.1. The van der Waals surface area contributed by atoms with Gasteiger partial charge in [-0.3, -0.25) is 37.3 Å². The van der Waals surface area contributed by atoms with Crippen LogP contribution in [0, 0.1) is 5.92 Å². The molecule has 17 nitrogen and oxygen atoms in total. The zero-order valence-corrected chi connectivity index (χ0v) is 61.5. The maximum atomic E-state index is 13.1. The Morgan fingerprint density at radius 3 is 0.739 bits per heavy atom. The standard InChI is InChI=1S/C73H142O17P2/c1-6-9-12-15-17-19-21-23-25-27-29-31-33-35-37-39-43-48-53-58-72(77)90-69(63-84-71(76)57-52-47-42-38-36-34-32-30-28-26-24-22-20-18-16-13-10-7-2)65-88-92(81,82)86-61-67(74)60-85-91(79,80)87-64-68(62-83-70(75)56-51-45-14-11-8-3)89-73(78)59-54-49-44-40-41-46-50-55-66(4)5/h66-69,74H,6-65H2,1-5H3,(H,79,80)(H,81,82)/t67-,68+,69+/m0/s1. The van der Waals surface area contributed by atoms with Crippen molar-refractivity contribution in [1.29, 1.82) is 0 Å². The maximum Gasteiger partial charge on any atom is 0.472 e. The fourth-order valence-electron chi connectivity index (χ4n) is 11.2. The van der Waals surface area contributed by atoms with Gasteiger partial charge in [0.15, 0.2) is 12.2 Å². The second-order valence-corrected chi connectivity index (χ2v) is 29.7. The van der Waals surface area contributed by atoms with Crippen LogP contribution in [0.15, 0.2) is 0 Å². The monoisotopic (exact) mass is 1350 g/mol. The number of phosphoric ester groups is 2. The Labute approximate surface area is 562 Å². The minimum Gasteiger partial charge on any atom is -0.462 e. The van der Waals surface area contributed by atoms with Crippen molar-refractivity contribution in [2.75, 3.05) is 39.6 Å². The van der Waals surface area contributed by atoms with E-state index < -0.39 is 97.5 Å². The molecular weight excluding hydrogens is 1210 g/mol. The summed E-state index contributed by atoms with van der Waals surface area (Å²) < 4.78 is 68.1. The van der Waals surface area contributed by atoms with E-state index in [9.17, 15) is 43.2 Å². The Morgan fingerprint density at radius 2 is 0.500 bits per heavy atom. The van der Waals surface area contributed by atoms with E-state index in [2.05, 4.69) is 34.6 Å². The molecule has 0 saturated carbocycles. The molecule has 92 heavy (non-hydrogen) atoms. The van der Waals surface area contributed by atoms with Crippen LogP contribution >= 0.6 is 15.6 Å². The lowest BCUT2D eigenvalue weighted by Crippen LogP contribution is -2.30. The highest BCUT2D eigenvalue weighted by atomic mass is 31.2. The van der Waals surface area contributed by atoms with Crippen molar-refractivity contribution in [2.24, 2.45) is 5.92 Å². The lowest BCUT2D eigenvalue weighted by Gasteiger charge is -2.21. The second kappa shape index (κ2) is 66.3. The number of unbranched alkanes of at least 4 members (excludes halogenated alkanes) is 45. The third-order valence-electron chi connectivity index (χ3n) is 17.0. The average molecular weight is 1350 g/mol. The first-order valence-electron chi connectivity index (χ1n) is 38.1. The molecule has 0 aromatic heterocycles. The number of hydrogen-bond donors (Lipinski definition) is 3. The second-order valence-electron chi connectivity index (χ2n) is 26.8. The summed E-state index contributed by atoms with van der Waals surface area (Å²) in [7, 11) is -9.89. The van der Waals surface area contributed by atoms with Gasteiger partial charge in [0.25, 0.3) is 0 Å². The summed E-state index contributed by atoms with van der Waals surface area (Å²) in [6.45, 7) is 7.11. The van der Waals surface area contributed by atoms with Crippen LogP contribution in [0.4, 0.5) is 0 Å². The molecule has 5 atom stereocenters. The molecule has 0 spiro atoms. The van der Waals surface area contributed by atoms with Crippen molar-refractivity contribution in [3.8, 4) is 0 Å². The Kier molecular flexibility index (Phi) is 64.9. The van der Waals surface area contributed by atoms with Crippen molar-refractivity contribution in [2.45, 2.75) is 400 Å². The SMILES string of the molecule is CCCCCCCCCCCCCCCCCCCCCC(=O)O[C@H](COC(=O)CCCCCCCCCCCCCCCCCCCC)COP(=O)(O)OC[C@@H](O)COP(=O)(O)OC[C@@H](COC(=O)CCCCCCC)OC(=O)CCCCCCCCCC(C)C. The molecule has 546 valence electrons. The Balaban J connectivity index is 5.12. The van der Waals surface area contributed by atoms with Crippen molar-refractivity contribution >= 4 is 39.5 Å². The van der Waals surface area contributed by atoms with Gasteiger partial charge in [-0.15, -0.1) is 0 Å². The summed E-state index contributed by atoms with van der Waals surface area (Å²) in [6.07, 6.45) is 54.8. The average Bonchev–Trinajstić information content (AvgIpc) is 1.53. The van der Waals surface area contributed by atoms with Crippen molar-refractivity contribution in [1.82, 2.24) is 0 Å². The zero-order chi connectivity index (χ0) is 67.7. The van der Waals surface area contributed by atoms with Gasteiger partial charge in [-0.1, -0.05) is 330 Å². The van der Waals surface area contributed by atoms with Crippen LogP contribution in [0.3, 0.4) is 0 Å². The van der Waals surface area contributed by atoms with Crippen molar-refractivity contribution in [3.05, 3.63) is 0 Å². The number of carbonyl (C=O) groups excluding carboxylic acids is 4. The van der Waals surface area contributed by atoms with E-state index in [1.54, 1.807) is 0 Å². The quantitative estimate of drug-likeness (QED) is 0.0222. The Hall–Kier alpha value is -1.94. The van der Waals surface area contributed by atoms with Crippen LogP contribution in [0.25, 0.3) is 0 Å². The van der Waals surface area contributed by atoms with E-state index >= 15 is 0 Å². The highest BCUT2D eigenvalue weighted by Gasteiger charge is 2.30. The minimum atomic E-state index is -4.95. The molecule has 0 rings (SSSR count). The lowest BCUT2D eigenvalue weighted by molar-refractivity contribution is -0.161. The fraction of sp³-hybridized carbons (Fsp3) is 0.945. The van der Waals surface area contributed by atoms with Gasteiger partial charge in [-0.2, -0.15) is 0 Å². The number of rotatable bonds is 73. The molecule has 0 bridgehead atoms. The van der Waals surface area contributed by atoms with Gasteiger partial charge in [-0.25, -0.2) is 9.13 Å². The molecule has 0 aliphatic rings. The summed E-state index contributed by atoms with van der Waals surface area (Å²) >= 11 is 0. The number of esters is 4. The van der Waals surface area contributed by atoms with Crippen LogP contribution < -0.4 is 0 Å². The number of phosphoric acid groups is 2. The fourth-order valence-corrected chi connectivity index (χ4v) is 12.8. The molecule has 0 fully saturated rings. The van der Waals surface area contributed by atoms with E-state index in [0.717, 1.165) is 96.3 Å². The lowest BCUT2D eigenvalue weighted by atomic mass is 10.0. The van der Waals surface area contributed by atoms with E-state index in [4.69, 9.17) is 37.0 Å². The van der Waals surface area contributed by atoms with Gasteiger partial charge in [0.05, 0.1) is 26.4 Å². The molecule has 0 saturated heterocycles. The van der Waals surface area contributed by atoms with Gasteiger partial charge >= 0.3 is 39.5 Å². The minimum absolute atomic E-state index is 0.103. The summed E-state index contributed by atoms with van der Waals surface area (Å²) in [5.74, 6) is -1.44. The molecule has 0 aliphatic heterocycles. The molecule has 0 radical (unpaired) electrons. The Morgan fingerprint density at radius 1 is 0.293 bits per heavy atom. The van der Waals surface area contributed by atoms with Gasteiger partial charge in [0.1, 0.15) is 19.3 Å². The molecule has 0 amide bonds. The molecule has 3 N–H and O–H groups in total. The predicted molar refractivity (Wildman–Crippen MR) is 372 cm³/mol. The summed E-state index contributed by atoms with van der Waals surface area (Å²) in [5, 5.41) is 10.6. The number of hydrogen-bond acceptors (Lipinski definition) is 15. The van der Waals surface area contributed by atoms with Crippen molar-refractivity contribution in [3.63, 3.8) is 0 Å². The van der Waals surface area contributed by atoms with E-state index in [-0.39, 0.29) is 25.7 Å². The van der Waals surface area contributed by atoms with Crippen LogP contribution in [-0.4, -0.2) is 96.7 Å². The van der Waals surface area contributed by atoms with Gasteiger partial charge in [0.2, 0.25) is 0 Å². The number of aliphatic hydroxyl groups is 1.